The highest BCUT2D eigenvalue weighted by atomic mass is 31.2. The Morgan fingerprint density at radius 2 is 1.09 bits per heavy atom. The number of hydrogen-bond donors (Lipinski definition) is 0. The van der Waals surface area contributed by atoms with E-state index < -0.39 is 15.9 Å². The van der Waals surface area contributed by atoms with E-state index in [9.17, 15) is 0 Å². The van der Waals surface area contributed by atoms with Crippen molar-refractivity contribution in [3.63, 3.8) is 0 Å². The molecule has 2 nitrogen and oxygen atoms in total. The Labute approximate surface area is 255 Å². The van der Waals surface area contributed by atoms with Crippen LogP contribution < -0.4 is 36.4 Å². The minimum Gasteiger partial charge on any atom is -0.310 e. The van der Waals surface area contributed by atoms with Gasteiger partial charge < -0.3 is 9.46 Å². The van der Waals surface area contributed by atoms with Gasteiger partial charge in [0, 0.05) is 27.0 Å². The van der Waals surface area contributed by atoms with Gasteiger partial charge in [0.05, 0.1) is 11.4 Å². The van der Waals surface area contributed by atoms with Crippen LogP contribution in [0.3, 0.4) is 0 Å². The predicted molar refractivity (Wildman–Crippen MR) is 185 cm³/mol. The van der Waals surface area contributed by atoms with Gasteiger partial charge in [-0.3, -0.25) is 0 Å². The second-order valence-electron chi connectivity index (χ2n) is 12.1. The first-order valence-corrected chi connectivity index (χ1v) is 18.4. The molecule has 2 heterocycles. The van der Waals surface area contributed by atoms with Gasteiger partial charge in [-0.25, -0.2) is 0 Å². The fourth-order valence-corrected chi connectivity index (χ4v) is 15.2. The van der Waals surface area contributed by atoms with E-state index in [1.807, 2.05) is 36.4 Å². The minimum absolute atomic E-state index is 0.124. The van der Waals surface area contributed by atoms with Gasteiger partial charge in [0.15, 0.2) is 7.14 Å². The summed E-state index contributed by atoms with van der Waals surface area (Å²) >= 11 is 0. The van der Waals surface area contributed by atoms with Crippen LogP contribution in [0.1, 0.15) is 25.0 Å². The molecule has 2 aliphatic heterocycles. The van der Waals surface area contributed by atoms with Gasteiger partial charge in [0.1, 0.15) is 8.80 Å². The summed E-state index contributed by atoms with van der Waals surface area (Å²) < 4.78 is 15.6. The first-order valence-electron chi connectivity index (χ1n) is 14.9. The van der Waals surface area contributed by atoms with Gasteiger partial charge in [-0.05, 0) is 51.8 Å². The lowest BCUT2D eigenvalue weighted by Crippen LogP contribution is -2.65. The molecule has 8 rings (SSSR count). The summed E-state index contributed by atoms with van der Waals surface area (Å²) in [6.07, 6.45) is 0. The number of rotatable bonds is 3. The third-order valence-electron chi connectivity index (χ3n) is 9.40. The molecule has 0 N–H and O–H groups in total. The number of benzene rings is 6. The van der Waals surface area contributed by atoms with E-state index >= 15 is 4.57 Å². The highest BCUT2D eigenvalue weighted by molar-refractivity contribution is 7.86. The van der Waals surface area contributed by atoms with Crippen LogP contribution in [0.25, 0.3) is 0 Å². The Kier molecular flexibility index (Phi) is 5.98. The number of fused-ring (bicyclic) bond motifs is 4. The summed E-state index contributed by atoms with van der Waals surface area (Å²) in [6, 6.07) is 53.8. The van der Waals surface area contributed by atoms with E-state index in [1.165, 1.54) is 38.1 Å². The van der Waals surface area contributed by atoms with Gasteiger partial charge in [0.25, 0.3) is 0 Å². The van der Waals surface area contributed by atoms with Crippen LogP contribution in [0.2, 0.25) is 0 Å². The molecule has 0 spiro atoms. The normalized spacial score (nSPS) is 19.5. The SMILES string of the molecule is CC1(C)c2ccccc2N(c2ccc3c(c2)[SiH](c2ccccc2)c2ccccc2P3(=O)c2ccccc2)c2ccccc21. The Hall–Kier alpha value is -4.43. The fourth-order valence-electron chi connectivity index (χ4n) is 7.38. The van der Waals surface area contributed by atoms with Crippen molar-refractivity contribution in [2.45, 2.75) is 19.3 Å². The lowest BCUT2D eigenvalue weighted by atomic mass is 9.73. The van der Waals surface area contributed by atoms with Crippen molar-refractivity contribution >= 4 is 64.5 Å². The highest BCUT2D eigenvalue weighted by Gasteiger charge is 2.43. The molecular weight excluding hydrogens is 557 g/mol. The molecule has 0 aliphatic carbocycles. The monoisotopic (exact) mass is 589 g/mol. The van der Waals surface area contributed by atoms with E-state index in [0.717, 1.165) is 21.6 Å². The molecule has 0 aromatic heterocycles. The van der Waals surface area contributed by atoms with Crippen molar-refractivity contribution in [3.8, 4) is 0 Å². The summed E-state index contributed by atoms with van der Waals surface area (Å²) in [6.45, 7) is 4.64. The molecule has 0 fully saturated rings. The number of nitrogens with zero attached hydrogens (tertiary/aromatic N) is 1. The molecule has 2 atom stereocenters. The molecule has 208 valence electrons. The second-order valence-corrected chi connectivity index (χ2v) is 17.6. The third kappa shape index (κ3) is 3.82. The van der Waals surface area contributed by atoms with E-state index in [-0.39, 0.29) is 5.41 Å². The van der Waals surface area contributed by atoms with Crippen molar-refractivity contribution < 1.29 is 4.57 Å². The summed E-state index contributed by atoms with van der Waals surface area (Å²) in [7, 11) is -5.07. The molecule has 0 amide bonds. The highest BCUT2D eigenvalue weighted by Crippen LogP contribution is 2.52. The van der Waals surface area contributed by atoms with E-state index in [1.54, 1.807) is 0 Å². The van der Waals surface area contributed by atoms with Crippen LogP contribution in [0, 0.1) is 0 Å². The molecule has 0 saturated carbocycles. The summed E-state index contributed by atoms with van der Waals surface area (Å²) in [5, 5.41) is 6.72. The van der Waals surface area contributed by atoms with Crippen LogP contribution in [-0.4, -0.2) is 8.80 Å². The predicted octanol–water partition coefficient (Wildman–Crippen LogP) is 6.00. The summed E-state index contributed by atoms with van der Waals surface area (Å²) in [4.78, 5) is 2.42. The third-order valence-corrected chi connectivity index (χ3v) is 16.4. The quantitative estimate of drug-likeness (QED) is 0.186. The van der Waals surface area contributed by atoms with Crippen molar-refractivity contribution in [1.82, 2.24) is 0 Å². The maximum Gasteiger partial charge on any atom is 0.170 e. The lowest BCUT2D eigenvalue weighted by Gasteiger charge is -2.42. The largest absolute Gasteiger partial charge is 0.310 e. The van der Waals surface area contributed by atoms with Crippen LogP contribution >= 0.6 is 7.14 Å². The fraction of sp³-hybridized carbons (Fsp3) is 0.0769. The van der Waals surface area contributed by atoms with Crippen LogP contribution in [0.4, 0.5) is 17.1 Å². The zero-order valence-electron chi connectivity index (χ0n) is 24.3. The van der Waals surface area contributed by atoms with Crippen molar-refractivity contribution in [3.05, 3.63) is 163 Å². The first kappa shape index (κ1) is 26.2. The molecule has 43 heavy (non-hydrogen) atoms. The maximum absolute atomic E-state index is 15.6. The minimum atomic E-state index is -3.10. The van der Waals surface area contributed by atoms with Gasteiger partial charge in [-0.2, -0.15) is 0 Å². The summed E-state index contributed by atoms with van der Waals surface area (Å²) in [5.41, 5.74) is 6.01. The zero-order valence-corrected chi connectivity index (χ0v) is 26.4. The number of para-hydroxylation sites is 2. The smallest absolute Gasteiger partial charge is 0.170 e. The van der Waals surface area contributed by atoms with Gasteiger partial charge >= 0.3 is 0 Å². The molecule has 2 aliphatic rings. The molecule has 0 radical (unpaired) electrons. The van der Waals surface area contributed by atoms with E-state index in [4.69, 9.17) is 0 Å². The van der Waals surface area contributed by atoms with Crippen LogP contribution in [0.15, 0.2) is 152 Å². The summed E-state index contributed by atoms with van der Waals surface area (Å²) in [5.74, 6) is 0. The Balaban J connectivity index is 1.43. The maximum atomic E-state index is 15.6. The number of hydrogen-bond acceptors (Lipinski definition) is 2. The molecule has 6 aromatic rings. The topological polar surface area (TPSA) is 20.3 Å². The molecule has 2 unspecified atom stereocenters. The first-order chi connectivity index (χ1) is 21.0. The van der Waals surface area contributed by atoms with E-state index in [2.05, 4.69) is 134 Å². The van der Waals surface area contributed by atoms with Gasteiger partial charge in [-0.1, -0.05) is 140 Å². The molecule has 6 aromatic carbocycles. The standard InChI is InChI=1S/C39H32NOPSi/c1-39(2)31-19-9-11-21-33(31)40(34-22-12-10-20-32(34)39)28-25-26-36-38(27-28)43(30-17-7-4-8-18-30)37-24-14-13-23-35(37)42(36,41)29-15-5-3-6-16-29/h3-27,43H,1-2H3. The van der Waals surface area contributed by atoms with Crippen LogP contribution in [0.5, 0.6) is 0 Å². The Bertz CT molecular complexity index is 2000. The number of anilines is 3. The molecule has 4 heteroatoms. The van der Waals surface area contributed by atoms with Crippen LogP contribution in [-0.2, 0) is 9.98 Å². The second kappa shape index (κ2) is 9.81. The average Bonchev–Trinajstić information content (AvgIpc) is 3.06. The lowest BCUT2D eigenvalue weighted by molar-refractivity contribution is 0.592. The zero-order chi connectivity index (χ0) is 29.2. The van der Waals surface area contributed by atoms with Crippen molar-refractivity contribution in [2.24, 2.45) is 0 Å². The van der Waals surface area contributed by atoms with Crippen molar-refractivity contribution in [2.75, 3.05) is 4.90 Å². The van der Waals surface area contributed by atoms with Gasteiger partial charge in [0.2, 0.25) is 0 Å². The Morgan fingerprint density at radius 3 is 1.77 bits per heavy atom. The van der Waals surface area contributed by atoms with Gasteiger partial charge in [-0.15, -0.1) is 0 Å². The molecular formula is C39H32NOPSi. The van der Waals surface area contributed by atoms with Crippen molar-refractivity contribution in [1.29, 1.82) is 0 Å². The Morgan fingerprint density at radius 1 is 0.558 bits per heavy atom. The molecule has 0 bridgehead atoms. The average molecular weight is 590 g/mol. The van der Waals surface area contributed by atoms with E-state index in [0.29, 0.717) is 0 Å². The molecule has 0 saturated heterocycles.